The van der Waals surface area contributed by atoms with Crippen molar-refractivity contribution in [2.75, 3.05) is 0 Å². The summed E-state index contributed by atoms with van der Waals surface area (Å²) in [6.07, 6.45) is 4.13. The van der Waals surface area contributed by atoms with Gasteiger partial charge in [-0.15, -0.1) is 11.3 Å². The molecule has 1 nitrogen and oxygen atoms in total. The molecule has 0 aliphatic rings. The zero-order valence-corrected chi connectivity index (χ0v) is 8.79. The van der Waals surface area contributed by atoms with Crippen LogP contribution in [0.1, 0.15) is 16.3 Å². The number of aryl methyl sites for hydroxylation is 1. The molecule has 2 aromatic heterocycles. The fourth-order valence-corrected chi connectivity index (χ4v) is 1.83. The molecule has 2 rings (SSSR count). The van der Waals surface area contributed by atoms with Gasteiger partial charge >= 0.3 is 0 Å². The molecule has 14 heavy (non-hydrogen) atoms. The van der Waals surface area contributed by atoms with E-state index in [0.29, 0.717) is 0 Å². The van der Waals surface area contributed by atoms with Crippen LogP contribution in [-0.4, -0.2) is 4.98 Å². The standard InChI is InChI=1S/C12H11NS/c1-10-4-2-5-11(13-10)7-8-12-6-3-9-14-12/h2-9H,1H3/b8-7+. The van der Waals surface area contributed by atoms with E-state index in [1.54, 1.807) is 11.3 Å². The lowest BCUT2D eigenvalue weighted by Crippen LogP contribution is -1.82. The van der Waals surface area contributed by atoms with E-state index in [1.165, 1.54) is 4.88 Å². The Morgan fingerprint density at radius 3 is 2.79 bits per heavy atom. The van der Waals surface area contributed by atoms with Gasteiger partial charge in [-0.1, -0.05) is 12.1 Å². The number of rotatable bonds is 2. The normalized spacial score (nSPS) is 10.9. The van der Waals surface area contributed by atoms with Gasteiger partial charge in [0.25, 0.3) is 0 Å². The van der Waals surface area contributed by atoms with Gasteiger partial charge < -0.3 is 0 Å². The zero-order valence-electron chi connectivity index (χ0n) is 7.97. The van der Waals surface area contributed by atoms with Crippen molar-refractivity contribution in [1.29, 1.82) is 0 Å². The van der Waals surface area contributed by atoms with E-state index in [-0.39, 0.29) is 0 Å². The van der Waals surface area contributed by atoms with Crippen LogP contribution in [0.5, 0.6) is 0 Å². The van der Waals surface area contributed by atoms with Crippen LogP contribution in [0.3, 0.4) is 0 Å². The Kier molecular flexibility index (Phi) is 2.75. The number of pyridine rings is 1. The molecule has 0 aromatic carbocycles. The molecule has 0 radical (unpaired) electrons. The monoisotopic (exact) mass is 201 g/mol. The zero-order chi connectivity index (χ0) is 9.80. The first-order chi connectivity index (χ1) is 6.84. The Morgan fingerprint density at radius 2 is 2.07 bits per heavy atom. The van der Waals surface area contributed by atoms with Gasteiger partial charge in [-0.25, -0.2) is 0 Å². The molecule has 0 fully saturated rings. The summed E-state index contributed by atoms with van der Waals surface area (Å²) in [5, 5.41) is 2.07. The first-order valence-corrected chi connectivity index (χ1v) is 5.38. The van der Waals surface area contributed by atoms with E-state index in [9.17, 15) is 0 Å². The minimum atomic E-state index is 1.01. The number of hydrogen-bond acceptors (Lipinski definition) is 2. The summed E-state index contributed by atoms with van der Waals surface area (Å²) in [6.45, 7) is 2.00. The van der Waals surface area contributed by atoms with Gasteiger partial charge in [-0.3, -0.25) is 4.98 Å². The van der Waals surface area contributed by atoms with Crippen molar-refractivity contribution >= 4 is 23.5 Å². The highest BCUT2D eigenvalue weighted by Gasteiger charge is 1.89. The van der Waals surface area contributed by atoms with E-state index < -0.39 is 0 Å². The molecule has 0 amide bonds. The molecule has 0 saturated carbocycles. The van der Waals surface area contributed by atoms with Gasteiger partial charge in [0.05, 0.1) is 5.69 Å². The largest absolute Gasteiger partial charge is 0.254 e. The van der Waals surface area contributed by atoms with Gasteiger partial charge in [0.1, 0.15) is 0 Å². The molecule has 70 valence electrons. The van der Waals surface area contributed by atoms with E-state index in [4.69, 9.17) is 0 Å². The van der Waals surface area contributed by atoms with Crippen molar-refractivity contribution in [3.8, 4) is 0 Å². The van der Waals surface area contributed by atoms with Gasteiger partial charge in [0.2, 0.25) is 0 Å². The highest BCUT2D eigenvalue weighted by molar-refractivity contribution is 7.10. The summed E-state index contributed by atoms with van der Waals surface area (Å²) in [5.74, 6) is 0. The molecule has 0 bridgehead atoms. The molecule has 0 unspecified atom stereocenters. The third kappa shape index (κ3) is 2.30. The van der Waals surface area contributed by atoms with Crippen LogP contribution in [0.25, 0.3) is 12.2 Å². The van der Waals surface area contributed by atoms with Crippen LogP contribution in [0.2, 0.25) is 0 Å². The van der Waals surface area contributed by atoms with Gasteiger partial charge in [-0.2, -0.15) is 0 Å². The smallest absolute Gasteiger partial charge is 0.0633 e. The number of hydrogen-bond donors (Lipinski definition) is 0. The Bertz CT molecular complexity index is 429. The molecular formula is C12H11NS. The second-order valence-corrected chi connectivity index (χ2v) is 4.03. The maximum Gasteiger partial charge on any atom is 0.0633 e. The Morgan fingerprint density at radius 1 is 1.14 bits per heavy atom. The Labute approximate surface area is 87.8 Å². The van der Waals surface area contributed by atoms with Crippen molar-refractivity contribution in [3.05, 3.63) is 52.0 Å². The van der Waals surface area contributed by atoms with E-state index in [0.717, 1.165) is 11.4 Å². The Hall–Kier alpha value is -1.41. The minimum Gasteiger partial charge on any atom is -0.254 e. The maximum atomic E-state index is 4.39. The predicted molar refractivity (Wildman–Crippen MR) is 62.2 cm³/mol. The third-order valence-electron chi connectivity index (χ3n) is 1.87. The summed E-state index contributed by atoms with van der Waals surface area (Å²) < 4.78 is 0. The van der Waals surface area contributed by atoms with E-state index >= 15 is 0 Å². The highest BCUT2D eigenvalue weighted by Crippen LogP contribution is 2.12. The predicted octanol–water partition coefficient (Wildman–Crippen LogP) is 3.62. The summed E-state index contributed by atoms with van der Waals surface area (Å²) in [7, 11) is 0. The average molecular weight is 201 g/mol. The van der Waals surface area contributed by atoms with Crippen molar-refractivity contribution < 1.29 is 0 Å². The summed E-state index contributed by atoms with van der Waals surface area (Å²) in [4.78, 5) is 5.65. The van der Waals surface area contributed by atoms with Crippen LogP contribution in [0.15, 0.2) is 35.7 Å². The highest BCUT2D eigenvalue weighted by atomic mass is 32.1. The molecule has 0 atom stereocenters. The van der Waals surface area contributed by atoms with Crippen molar-refractivity contribution in [3.63, 3.8) is 0 Å². The molecule has 0 aliphatic heterocycles. The van der Waals surface area contributed by atoms with Crippen molar-refractivity contribution in [1.82, 2.24) is 4.98 Å². The van der Waals surface area contributed by atoms with Crippen LogP contribution >= 0.6 is 11.3 Å². The SMILES string of the molecule is Cc1cccc(/C=C/c2cccs2)n1. The van der Waals surface area contributed by atoms with Crippen LogP contribution in [0.4, 0.5) is 0 Å². The lowest BCUT2D eigenvalue weighted by Gasteiger charge is -1.93. The quantitative estimate of drug-likeness (QED) is 0.723. The lowest BCUT2D eigenvalue weighted by atomic mass is 10.3. The number of nitrogens with zero attached hydrogens (tertiary/aromatic N) is 1. The molecule has 0 N–H and O–H groups in total. The van der Waals surface area contributed by atoms with Crippen molar-refractivity contribution in [2.45, 2.75) is 6.92 Å². The maximum absolute atomic E-state index is 4.39. The molecule has 0 spiro atoms. The van der Waals surface area contributed by atoms with Gasteiger partial charge in [-0.05, 0) is 42.7 Å². The third-order valence-corrected chi connectivity index (χ3v) is 2.71. The summed E-state index contributed by atoms with van der Waals surface area (Å²) in [5.41, 5.74) is 2.07. The second kappa shape index (κ2) is 4.20. The molecule has 2 heteroatoms. The van der Waals surface area contributed by atoms with Crippen LogP contribution < -0.4 is 0 Å². The first kappa shape index (κ1) is 9.16. The fraction of sp³-hybridized carbons (Fsp3) is 0.0833. The van der Waals surface area contributed by atoms with Crippen molar-refractivity contribution in [2.24, 2.45) is 0 Å². The van der Waals surface area contributed by atoms with Gasteiger partial charge in [0.15, 0.2) is 0 Å². The average Bonchev–Trinajstić information content (AvgIpc) is 2.67. The van der Waals surface area contributed by atoms with Crippen LogP contribution in [-0.2, 0) is 0 Å². The number of thiophene rings is 1. The molecule has 0 saturated heterocycles. The fourth-order valence-electron chi connectivity index (χ4n) is 1.21. The molecular weight excluding hydrogens is 190 g/mol. The second-order valence-electron chi connectivity index (χ2n) is 3.05. The number of aromatic nitrogens is 1. The molecule has 2 aromatic rings. The molecule has 0 aliphatic carbocycles. The van der Waals surface area contributed by atoms with E-state index in [1.807, 2.05) is 37.3 Å². The van der Waals surface area contributed by atoms with Crippen LogP contribution in [0, 0.1) is 6.92 Å². The lowest BCUT2D eigenvalue weighted by molar-refractivity contribution is 1.18. The van der Waals surface area contributed by atoms with E-state index in [2.05, 4.69) is 22.5 Å². The topological polar surface area (TPSA) is 12.9 Å². The molecule has 2 heterocycles. The Balaban J connectivity index is 2.18. The summed E-state index contributed by atoms with van der Waals surface area (Å²) >= 11 is 1.73. The minimum absolute atomic E-state index is 1.01. The van der Waals surface area contributed by atoms with Gasteiger partial charge in [0, 0.05) is 10.6 Å². The first-order valence-electron chi connectivity index (χ1n) is 4.50. The summed E-state index contributed by atoms with van der Waals surface area (Å²) in [6, 6.07) is 10.2.